The SMILES string of the molecule is O=C(O)CCc1ccc(NC(=O)c2cncc(O)c2)cc1. The van der Waals surface area contributed by atoms with Crippen molar-refractivity contribution in [3.8, 4) is 5.75 Å². The number of aryl methyl sites for hydroxylation is 1. The van der Waals surface area contributed by atoms with Crippen molar-refractivity contribution in [2.75, 3.05) is 5.32 Å². The fourth-order valence-corrected chi connectivity index (χ4v) is 1.76. The molecule has 0 fully saturated rings. The van der Waals surface area contributed by atoms with E-state index < -0.39 is 5.97 Å². The van der Waals surface area contributed by atoms with Crippen LogP contribution in [0, 0.1) is 0 Å². The molecule has 0 aliphatic heterocycles. The summed E-state index contributed by atoms with van der Waals surface area (Å²) in [6, 6.07) is 8.25. The van der Waals surface area contributed by atoms with Crippen LogP contribution in [0.15, 0.2) is 42.7 Å². The van der Waals surface area contributed by atoms with Gasteiger partial charge in [-0.3, -0.25) is 14.6 Å². The third kappa shape index (κ3) is 4.31. The highest BCUT2D eigenvalue weighted by molar-refractivity contribution is 6.04. The molecule has 3 N–H and O–H groups in total. The number of hydrogen-bond acceptors (Lipinski definition) is 4. The molecular weight excluding hydrogens is 272 g/mol. The zero-order chi connectivity index (χ0) is 15.2. The van der Waals surface area contributed by atoms with Crippen LogP contribution in [0.5, 0.6) is 5.75 Å². The lowest BCUT2D eigenvalue weighted by molar-refractivity contribution is -0.136. The molecule has 0 atom stereocenters. The minimum absolute atomic E-state index is 0.0701. The van der Waals surface area contributed by atoms with Crippen LogP contribution in [0.25, 0.3) is 0 Å². The fourth-order valence-electron chi connectivity index (χ4n) is 1.76. The van der Waals surface area contributed by atoms with Gasteiger partial charge >= 0.3 is 5.97 Å². The Labute approximate surface area is 121 Å². The Morgan fingerprint density at radius 3 is 2.48 bits per heavy atom. The number of carbonyl (C=O) groups excluding carboxylic acids is 1. The number of benzene rings is 1. The summed E-state index contributed by atoms with van der Waals surface area (Å²) < 4.78 is 0. The molecule has 2 rings (SSSR count). The number of aromatic nitrogens is 1. The first-order valence-electron chi connectivity index (χ1n) is 6.31. The number of carboxylic acid groups (broad SMARTS) is 1. The van der Waals surface area contributed by atoms with Crippen molar-refractivity contribution in [1.82, 2.24) is 4.98 Å². The topological polar surface area (TPSA) is 99.5 Å². The van der Waals surface area contributed by atoms with Crippen LogP contribution < -0.4 is 5.32 Å². The maximum atomic E-state index is 11.9. The van der Waals surface area contributed by atoms with Gasteiger partial charge in [0.2, 0.25) is 0 Å². The van der Waals surface area contributed by atoms with Gasteiger partial charge in [-0.2, -0.15) is 0 Å². The smallest absolute Gasteiger partial charge is 0.303 e. The molecule has 21 heavy (non-hydrogen) atoms. The number of carbonyl (C=O) groups is 2. The van der Waals surface area contributed by atoms with Crippen LogP contribution in [0.4, 0.5) is 5.69 Å². The number of nitrogens with one attached hydrogen (secondary N) is 1. The zero-order valence-corrected chi connectivity index (χ0v) is 11.1. The highest BCUT2D eigenvalue weighted by Crippen LogP contribution is 2.14. The highest BCUT2D eigenvalue weighted by atomic mass is 16.4. The van der Waals surface area contributed by atoms with Gasteiger partial charge in [0.05, 0.1) is 11.8 Å². The first-order valence-corrected chi connectivity index (χ1v) is 6.31. The number of anilines is 1. The molecule has 108 valence electrons. The van der Waals surface area contributed by atoms with Crippen molar-refractivity contribution in [2.45, 2.75) is 12.8 Å². The Bertz CT molecular complexity index is 653. The number of rotatable bonds is 5. The number of aromatic hydroxyl groups is 1. The molecule has 0 unspecified atom stereocenters. The van der Waals surface area contributed by atoms with E-state index in [4.69, 9.17) is 5.11 Å². The van der Waals surface area contributed by atoms with E-state index in [1.807, 2.05) is 0 Å². The van der Waals surface area contributed by atoms with Gasteiger partial charge in [0.15, 0.2) is 0 Å². The van der Waals surface area contributed by atoms with E-state index in [9.17, 15) is 14.7 Å². The van der Waals surface area contributed by atoms with E-state index in [0.717, 1.165) is 5.56 Å². The van der Waals surface area contributed by atoms with Crippen molar-refractivity contribution in [3.05, 3.63) is 53.9 Å². The monoisotopic (exact) mass is 286 g/mol. The molecular formula is C15H14N2O4. The van der Waals surface area contributed by atoms with Crippen molar-refractivity contribution in [2.24, 2.45) is 0 Å². The summed E-state index contributed by atoms with van der Waals surface area (Å²) in [5.41, 5.74) is 1.72. The molecule has 1 aromatic carbocycles. The van der Waals surface area contributed by atoms with E-state index in [0.29, 0.717) is 12.1 Å². The van der Waals surface area contributed by atoms with Gasteiger partial charge < -0.3 is 15.5 Å². The lowest BCUT2D eigenvalue weighted by atomic mass is 10.1. The molecule has 0 spiro atoms. The molecule has 0 aliphatic rings. The van der Waals surface area contributed by atoms with Crippen molar-refractivity contribution >= 4 is 17.6 Å². The lowest BCUT2D eigenvalue weighted by Gasteiger charge is -2.06. The second-order valence-corrected chi connectivity index (χ2v) is 4.48. The summed E-state index contributed by atoms with van der Waals surface area (Å²) in [6.45, 7) is 0. The van der Waals surface area contributed by atoms with E-state index in [1.54, 1.807) is 24.3 Å². The first-order chi connectivity index (χ1) is 10.0. The van der Waals surface area contributed by atoms with Gasteiger partial charge in [0.25, 0.3) is 5.91 Å². The maximum absolute atomic E-state index is 11.9. The third-order valence-electron chi connectivity index (χ3n) is 2.83. The molecule has 0 saturated carbocycles. The van der Waals surface area contributed by atoms with Crippen LogP contribution in [0.1, 0.15) is 22.3 Å². The Kier molecular flexibility index (Phi) is 4.50. The van der Waals surface area contributed by atoms with Crippen molar-refractivity contribution in [3.63, 3.8) is 0 Å². The fraction of sp³-hybridized carbons (Fsp3) is 0.133. The minimum atomic E-state index is -0.844. The van der Waals surface area contributed by atoms with Gasteiger partial charge in [0.1, 0.15) is 5.75 Å². The summed E-state index contributed by atoms with van der Waals surface area (Å²) in [6.07, 6.45) is 3.12. The summed E-state index contributed by atoms with van der Waals surface area (Å²) in [7, 11) is 0. The minimum Gasteiger partial charge on any atom is -0.506 e. The van der Waals surface area contributed by atoms with Gasteiger partial charge in [-0.25, -0.2) is 0 Å². The number of pyridine rings is 1. The van der Waals surface area contributed by atoms with E-state index in [1.165, 1.54) is 18.5 Å². The molecule has 1 heterocycles. The summed E-state index contributed by atoms with van der Waals surface area (Å²) in [5.74, 6) is -1.30. The average molecular weight is 286 g/mol. The Morgan fingerprint density at radius 2 is 1.86 bits per heavy atom. The third-order valence-corrected chi connectivity index (χ3v) is 2.83. The molecule has 0 aliphatic carbocycles. The maximum Gasteiger partial charge on any atom is 0.303 e. The number of nitrogens with zero attached hydrogens (tertiary/aromatic N) is 1. The average Bonchev–Trinajstić information content (AvgIpc) is 2.46. The largest absolute Gasteiger partial charge is 0.506 e. The quantitative estimate of drug-likeness (QED) is 0.781. The van der Waals surface area contributed by atoms with Crippen LogP contribution >= 0.6 is 0 Å². The molecule has 6 heteroatoms. The van der Waals surface area contributed by atoms with Gasteiger partial charge in [-0.1, -0.05) is 12.1 Å². The second kappa shape index (κ2) is 6.51. The highest BCUT2D eigenvalue weighted by Gasteiger charge is 2.07. The number of amides is 1. The Hall–Kier alpha value is -2.89. The zero-order valence-electron chi connectivity index (χ0n) is 11.1. The second-order valence-electron chi connectivity index (χ2n) is 4.48. The number of hydrogen-bond donors (Lipinski definition) is 3. The van der Waals surface area contributed by atoms with Crippen LogP contribution in [0.2, 0.25) is 0 Å². The lowest BCUT2D eigenvalue weighted by Crippen LogP contribution is -2.12. The number of carboxylic acids is 1. The normalized spacial score (nSPS) is 10.1. The van der Waals surface area contributed by atoms with Gasteiger partial charge in [0, 0.05) is 18.3 Å². The van der Waals surface area contributed by atoms with Gasteiger partial charge in [-0.15, -0.1) is 0 Å². The molecule has 0 radical (unpaired) electrons. The van der Waals surface area contributed by atoms with Crippen molar-refractivity contribution in [1.29, 1.82) is 0 Å². The van der Waals surface area contributed by atoms with E-state index in [2.05, 4.69) is 10.3 Å². The molecule has 2 aromatic rings. The molecule has 0 bridgehead atoms. The first kappa shape index (κ1) is 14.5. The number of aliphatic carboxylic acids is 1. The molecule has 1 aromatic heterocycles. The van der Waals surface area contributed by atoms with Crippen LogP contribution in [0.3, 0.4) is 0 Å². The molecule has 6 nitrogen and oxygen atoms in total. The summed E-state index contributed by atoms with van der Waals surface area (Å²) >= 11 is 0. The van der Waals surface area contributed by atoms with E-state index in [-0.39, 0.29) is 23.6 Å². The summed E-state index contributed by atoms with van der Waals surface area (Å²) in [4.78, 5) is 26.1. The van der Waals surface area contributed by atoms with E-state index >= 15 is 0 Å². The Morgan fingerprint density at radius 1 is 1.14 bits per heavy atom. The molecule has 1 amide bonds. The molecule has 0 saturated heterocycles. The van der Waals surface area contributed by atoms with Crippen molar-refractivity contribution < 1.29 is 19.8 Å². The predicted octanol–water partition coefficient (Wildman–Crippen LogP) is 2.06. The van der Waals surface area contributed by atoms with Gasteiger partial charge in [-0.05, 0) is 30.2 Å². The predicted molar refractivity (Wildman–Crippen MR) is 76.3 cm³/mol. The summed E-state index contributed by atoms with van der Waals surface area (Å²) in [5, 5.41) is 20.6. The Balaban J connectivity index is 2.00. The van der Waals surface area contributed by atoms with Crippen LogP contribution in [-0.2, 0) is 11.2 Å². The standard InChI is InChI=1S/C15H14N2O4/c18-13-7-11(8-16-9-13)15(21)17-12-4-1-10(2-5-12)3-6-14(19)20/h1-2,4-5,7-9,18H,3,6H2,(H,17,21)(H,19,20). The van der Waals surface area contributed by atoms with Crippen LogP contribution in [-0.4, -0.2) is 27.1 Å².